The zero-order chi connectivity index (χ0) is 83.9. The molecule has 0 saturated carbocycles. The summed E-state index contributed by atoms with van der Waals surface area (Å²) < 4.78 is 71.1. The Morgan fingerprint density at radius 2 is 0.585 bits per heavy atom. The molecule has 0 fully saturated rings. The maximum atomic E-state index is 10.7. The van der Waals surface area contributed by atoms with Gasteiger partial charge < -0.3 is 48.5 Å². The molecule has 0 saturated heterocycles. The number of aliphatic hydroxyl groups is 2. The van der Waals surface area contributed by atoms with Crippen molar-refractivity contribution in [3.05, 3.63) is 350 Å². The summed E-state index contributed by atoms with van der Waals surface area (Å²) in [4.78, 5) is 26.5. The normalized spacial score (nSPS) is 10.8. The fourth-order valence-electron chi connectivity index (χ4n) is 11.7. The number of hydrogen-bond acceptors (Lipinski definition) is 13. The van der Waals surface area contributed by atoms with Crippen molar-refractivity contribution in [3.8, 4) is 67.5 Å². The van der Waals surface area contributed by atoms with Crippen LogP contribution in [0.25, 0.3) is 111 Å². The monoisotopic (exact) mass is 1960 g/mol. The van der Waals surface area contributed by atoms with Crippen LogP contribution in [0.1, 0.15) is 152 Å². The SMILES string of the molecule is CC(C)c1ccnc(-c2[c-]ccc3c2oc2ccccc23)c1.CC(C)c1ccnc(-c2[c-]cccc2)c1.CC(C)c1ccnc(-c2[c-]cccc2)c1.CC(C)c1ccnc(-c2[c-]cccc2)c1.CC(C)c1ccnc(-c2[c-]cccc2)c1.CC(C)c1ccnc(-c2cccc3c2oc2ccccc23)c1.CO.CO.O=S(=O)([O-])C(F)(F)F.[Ir+3].[Ir+3]. The number of halogens is 3. The molecular formula is C99H97F3Ir2N6O7S. The molecule has 0 aliphatic rings. The summed E-state index contributed by atoms with van der Waals surface area (Å²) in [5.41, 5.74) is 17.9. The molecule has 610 valence electrons. The van der Waals surface area contributed by atoms with Crippen LogP contribution in [-0.4, -0.2) is 72.8 Å². The maximum absolute atomic E-state index is 10.7. The van der Waals surface area contributed by atoms with E-state index in [2.05, 4.69) is 253 Å². The number of para-hydroxylation sites is 3. The second-order valence-corrected chi connectivity index (χ2v) is 29.6. The van der Waals surface area contributed by atoms with E-state index in [-0.39, 0.29) is 40.2 Å². The number of alkyl halides is 3. The topological polar surface area (TPSA) is 201 Å². The van der Waals surface area contributed by atoms with Crippen molar-refractivity contribution in [1.82, 2.24) is 29.9 Å². The summed E-state index contributed by atoms with van der Waals surface area (Å²) >= 11 is 0. The minimum absolute atomic E-state index is 0. The first-order valence-corrected chi connectivity index (χ1v) is 39.5. The second kappa shape index (κ2) is 47.5. The Morgan fingerprint density at radius 3 is 0.890 bits per heavy atom. The van der Waals surface area contributed by atoms with Gasteiger partial charge in [-0.05, 0) is 130 Å². The molecule has 0 aliphatic carbocycles. The van der Waals surface area contributed by atoms with E-state index in [1.807, 2.05) is 177 Å². The van der Waals surface area contributed by atoms with Gasteiger partial charge in [0.1, 0.15) is 16.7 Å². The zero-order valence-corrected chi connectivity index (χ0v) is 74.0. The average molecular weight is 1960 g/mol. The summed E-state index contributed by atoms with van der Waals surface area (Å²) in [5, 5.41) is 18.5. The van der Waals surface area contributed by atoms with Gasteiger partial charge in [-0.1, -0.05) is 201 Å². The molecule has 118 heavy (non-hydrogen) atoms. The predicted octanol–water partition coefficient (Wildman–Crippen LogP) is 25.3. The fraction of sp³-hybridized carbons (Fsp3) is 0.212. The standard InChI is InChI=1S/C20H17NO.C20H16NO.4C14H14N.CHF3O3S.2CH4O.2Ir/c2*1-13(2)14-10-11-21-18(12-14)17-8-5-7-16-15-6-3-4-9-19(15)22-20(16)17;4*1-11(2)13-8-9-15-14(10-13)12-6-4-3-5-7-12;2-1(3,4)8(5,6)7;2*1-2;;/h3-13H,1-2H3;3-7,9-13H,1-2H3;4*3-6,8-11H,1-2H3;(H,5,6,7);2*2H,1H3;;/q;5*-1;;;;2*+3/p-1. The van der Waals surface area contributed by atoms with Crippen molar-refractivity contribution in [3.63, 3.8) is 0 Å². The Hall–Kier alpha value is -10.8. The molecule has 0 atom stereocenters. The molecule has 13 nitrogen and oxygen atoms in total. The Kier molecular flexibility index (Phi) is 38.7. The first-order valence-electron chi connectivity index (χ1n) is 38.1. The molecule has 0 spiro atoms. The van der Waals surface area contributed by atoms with Gasteiger partial charge in [0, 0.05) is 73.1 Å². The predicted molar refractivity (Wildman–Crippen MR) is 463 cm³/mol. The van der Waals surface area contributed by atoms with E-state index in [4.69, 9.17) is 32.0 Å². The Labute approximate surface area is 719 Å². The third-order valence-electron chi connectivity index (χ3n) is 18.2. The third-order valence-corrected chi connectivity index (χ3v) is 18.8. The van der Waals surface area contributed by atoms with Gasteiger partial charge in [0.05, 0.1) is 11.3 Å². The molecule has 0 bridgehead atoms. The van der Waals surface area contributed by atoms with Gasteiger partial charge in [-0.15, -0.1) is 162 Å². The van der Waals surface area contributed by atoms with Crippen molar-refractivity contribution in [1.29, 1.82) is 0 Å². The van der Waals surface area contributed by atoms with Crippen LogP contribution >= 0.6 is 0 Å². The van der Waals surface area contributed by atoms with Crippen molar-refractivity contribution in [2.24, 2.45) is 0 Å². The number of pyridine rings is 6. The molecule has 16 aromatic rings. The summed E-state index contributed by atoms with van der Waals surface area (Å²) in [7, 11) is -4.09. The molecular weight excluding hydrogens is 1860 g/mol. The number of hydrogen-bond donors (Lipinski definition) is 2. The summed E-state index contributed by atoms with van der Waals surface area (Å²) in [6, 6.07) is 99.5. The van der Waals surface area contributed by atoms with E-state index < -0.39 is 15.6 Å². The third kappa shape index (κ3) is 27.4. The number of benzene rings is 8. The first kappa shape index (κ1) is 96.0. The minimum Gasteiger partial charge on any atom is -0.741 e. The van der Waals surface area contributed by atoms with Crippen LogP contribution in [0.4, 0.5) is 13.2 Å². The van der Waals surface area contributed by atoms with Crippen LogP contribution < -0.4 is 0 Å². The number of nitrogens with zero attached hydrogens (tertiary/aromatic N) is 6. The Morgan fingerprint density at radius 1 is 0.322 bits per heavy atom. The van der Waals surface area contributed by atoms with Crippen LogP contribution in [0.3, 0.4) is 0 Å². The van der Waals surface area contributed by atoms with Crippen molar-refractivity contribution in [2.45, 2.75) is 124 Å². The molecule has 19 heteroatoms. The average Bonchev–Trinajstić information content (AvgIpc) is 1.62. The molecule has 8 aromatic heterocycles. The van der Waals surface area contributed by atoms with E-state index in [0.29, 0.717) is 35.5 Å². The van der Waals surface area contributed by atoms with E-state index in [1.54, 1.807) is 0 Å². The van der Waals surface area contributed by atoms with Crippen LogP contribution in [0.15, 0.2) is 295 Å². The molecule has 16 rings (SSSR count). The number of fused-ring (bicyclic) bond motifs is 6. The van der Waals surface area contributed by atoms with Gasteiger partial charge in [-0.2, -0.15) is 13.2 Å². The van der Waals surface area contributed by atoms with Crippen LogP contribution in [-0.2, 0) is 50.3 Å². The molecule has 8 aromatic carbocycles. The van der Waals surface area contributed by atoms with Gasteiger partial charge in [0.15, 0.2) is 10.1 Å². The van der Waals surface area contributed by atoms with E-state index in [9.17, 15) is 13.2 Å². The number of aromatic nitrogens is 6. The van der Waals surface area contributed by atoms with Crippen molar-refractivity contribution >= 4 is 54.0 Å². The molecule has 0 amide bonds. The zero-order valence-electron chi connectivity index (χ0n) is 68.4. The van der Waals surface area contributed by atoms with Gasteiger partial charge in [0.2, 0.25) is 0 Å². The number of furan rings is 2. The van der Waals surface area contributed by atoms with Crippen molar-refractivity contribution in [2.75, 3.05) is 14.2 Å². The summed E-state index contributed by atoms with van der Waals surface area (Å²) in [6.45, 7) is 26.3. The van der Waals surface area contributed by atoms with E-state index >= 15 is 0 Å². The van der Waals surface area contributed by atoms with E-state index in [0.717, 1.165) is 126 Å². The second-order valence-electron chi connectivity index (χ2n) is 28.3. The number of rotatable bonds is 12. The van der Waals surface area contributed by atoms with E-state index in [1.165, 1.54) is 33.4 Å². The summed E-state index contributed by atoms with van der Waals surface area (Å²) in [5.74, 6) is 3.10. The Bertz CT molecular complexity index is 5290. The molecule has 8 heterocycles. The molecule has 0 unspecified atom stereocenters. The largest absolute Gasteiger partial charge is 3.00 e. The first-order chi connectivity index (χ1) is 55.8. The van der Waals surface area contributed by atoms with Crippen molar-refractivity contribution < 1.29 is 85.4 Å². The van der Waals surface area contributed by atoms with Crippen LogP contribution in [0.5, 0.6) is 0 Å². The number of aliphatic hydroxyl groups excluding tert-OH is 2. The molecule has 0 radical (unpaired) electrons. The van der Waals surface area contributed by atoms with Gasteiger partial charge in [-0.3, -0.25) is 4.98 Å². The fourth-order valence-corrected chi connectivity index (χ4v) is 11.7. The smallest absolute Gasteiger partial charge is 0.741 e. The minimum atomic E-state index is -6.09. The van der Waals surface area contributed by atoms with Gasteiger partial charge >= 0.3 is 45.7 Å². The van der Waals surface area contributed by atoms with Gasteiger partial charge in [-0.25, -0.2) is 8.42 Å². The molecule has 0 aliphatic heterocycles. The summed E-state index contributed by atoms with van der Waals surface area (Å²) in [6.07, 6.45) is 11.2. The Balaban J connectivity index is 0.000000215. The maximum Gasteiger partial charge on any atom is 3.00 e. The quantitative estimate of drug-likeness (QED) is 0.0665. The van der Waals surface area contributed by atoms with Crippen LogP contribution in [0, 0.1) is 30.3 Å². The molecule has 2 N–H and O–H groups in total. The van der Waals surface area contributed by atoms with Crippen LogP contribution in [0.2, 0.25) is 0 Å². The van der Waals surface area contributed by atoms with Gasteiger partial charge in [0.25, 0.3) is 0 Å².